The quantitative estimate of drug-likeness (QED) is 0.816. The summed E-state index contributed by atoms with van der Waals surface area (Å²) in [5.41, 5.74) is 1.02. The molecule has 0 bridgehead atoms. The maximum absolute atomic E-state index is 14.1. The standard InChI is InChI=1S/C14H20FN3/c1-14(2,10-16)12-4-3-11(9-13(12)15)18-7-5-17-6-8-18/h9,17H,3-8H2,1-2H3. The van der Waals surface area contributed by atoms with Gasteiger partial charge in [0, 0.05) is 31.9 Å². The molecule has 1 fully saturated rings. The smallest absolute Gasteiger partial charge is 0.125 e. The third-order valence-electron chi connectivity index (χ3n) is 3.77. The van der Waals surface area contributed by atoms with Crippen LogP contribution < -0.4 is 5.32 Å². The van der Waals surface area contributed by atoms with Crippen molar-refractivity contribution in [2.24, 2.45) is 5.41 Å². The monoisotopic (exact) mass is 249 g/mol. The SMILES string of the molecule is CC(C)(C#N)C1=C(F)C=C(N2CCNCC2)CC1. The zero-order valence-electron chi connectivity index (χ0n) is 11.1. The van der Waals surface area contributed by atoms with Crippen LogP contribution in [0.2, 0.25) is 0 Å². The highest BCUT2D eigenvalue weighted by molar-refractivity contribution is 5.35. The second-order valence-electron chi connectivity index (χ2n) is 5.44. The van der Waals surface area contributed by atoms with E-state index in [0.29, 0.717) is 12.0 Å². The molecule has 0 amide bonds. The zero-order chi connectivity index (χ0) is 13.2. The maximum atomic E-state index is 14.1. The van der Waals surface area contributed by atoms with Gasteiger partial charge in [0.05, 0.1) is 11.5 Å². The molecular weight excluding hydrogens is 229 g/mol. The van der Waals surface area contributed by atoms with Crippen molar-refractivity contribution in [3.63, 3.8) is 0 Å². The summed E-state index contributed by atoms with van der Waals surface area (Å²) in [7, 11) is 0. The summed E-state index contributed by atoms with van der Waals surface area (Å²) in [6.07, 6.45) is 3.12. The van der Waals surface area contributed by atoms with E-state index in [1.54, 1.807) is 19.9 Å². The first-order valence-electron chi connectivity index (χ1n) is 6.51. The lowest BCUT2D eigenvalue weighted by Gasteiger charge is -2.34. The summed E-state index contributed by atoms with van der Waals surface area (Å²) in [6.45, 7) is 7.36. The second-order valence-corrected chi connectivity index (χ2v) is 5.44. The molecule has 0 aromatic carbocycles. The van der Waals surface area contributed by atoms with Crippen molar-refractivity contribution < 1.29 is 4.39 Å². The minimum Gasteiger partial charge on any atom is -0.372 e. The van der Waals surface area contributed by atoms with Gasteiger partial charge in [0.2, 0.25) is 0 Å². The lowest BCUT2D eigenvalue weighted by atomic mass is 9.80. The molecule has 0 aromatic rings. The van der Waals surface area contributed by atoms with Crippen LogP contribution in [0.1, 0.15) is 26.7 Å². The van der Waals surface area contributed by atoms with Crippen molar-refractivity contribution in [3.05, 3.63) is 23.2 Å². The van der Waals surface area contributed by atoms with Gasteiger partial charge in [-0.1, -0.05) is 0 Å². The van der Waals surface area contributed by atoms with Crippen molar-refractivity contribution in [2.45, 2.75) is 26.7 Å². The lowest BCUT2D eigenvalue weighted by molar-refractivity contribution is 0.285. The van der Waals surface area contributed by atoms with Gasteiger partial charge in [-0.25, -0.2) is 4.39 Å². The Morgan fingerprint density at radius 1 is 1.33 bits per heavy atom. The van der Waals surface area contributed by atoms with E-state index < -0.39 is 5.41 Å². The van der Waals surface area contributed by atoms with E-state index >= 15 is 0 Å². The Labute approximate surface area is 108 Å². The first kappa shape index (κ1) is 13.1. The molecule has 4 heteroatoms. The summed E-state index contributed by atoms with van der Waals surface area (Å²) in [4.78, 5) is 2.24. The van der Waals surface area contributed by atoms with Crippen molar-refractivity contribution in [1.29, 1.82) is 5.26 Å². The number of halogens is 1. The molecule has 0 radical (unpaired) electrons. The van der Waals surface area contributed by atoms with Crippen LogP contribution in [0.3, 0.4) is 0 Å². The highest BCUT2D eigenvalue weighted by atomic mass is 19.1. The Morgan fingerprint density at radius 3 is 2.56 bits per heavy atom. The van der Waals surface area contributed by atoms with Crippen molar-refractivity contribution >= 4 is 0 Å². The van der Waals surface area contributed by atoms with Crippen LogP contribution >= 0.6 is 0 Å². The van der Waals surface area contributed by atoms with Crippen LogP contribution in [0.4, 0.5) is 4.39 Å². The molecule has 0 aromatic heterocycles. The lowest BCUT2D eigenvalue weighted by Crippen LogP contribution is -2.43. The topological polar surface area (TPSA) is 39.1 Å². The molecule has 1 aliphatic heterocycles. The number of hydrogen-bond acceptors (Lipinski definition) is 3. The fraction of sp³-hybridized carbons (Fsp3) is 0.643. The third-order valence-corrected chi connectivity index (χ3v) is 3.77. The van der Waals surface area contributed by atoms with Crippen LogP contribution in [-0.2, 0) is 0 Å². The van der Waals surface area contributed by atoms with E-state index in [4.69, 9.17) is 5.26 Å². The Morgan fingerprint density at radius 2 is 2.00 bits per heavy atom. The molecule has 2 aliphatic rings. The average molecular weight is 249 g/mol. The first-order chi connectivity index (χ1) is 8.54. The van der Waals surface area contributed by atoms with E-state index in [2.05, 4.69) is 16.3 Å². The molecule has 0 atom stereocenters. The van der Waals surface area contributed by atoms with Crippen molar-refractivity contribution in [2.75, 3.05) is 26.2 Å². The molecule has 1 saturated heterocycles. The Balaban J connectivity index is 2.19. The van der Waals surface area contributed by atoms with E-state index in [0.717, 1.165) is 38.3 Å². The number of nitrogens with zero attached hydrogens (tertiary/aromatic N) is 2. The molecule has 1 heterocycles. The van der Waals surface area contributed by atoms with E-state index in [1.807, 2.05) is 0 Å². The van der Waals surface area contributed by atoms with E-state index in [-0.39, 0.29) is 5.83 Å². The molecule has 2 rings (SSSR count). The van der Waals surface area contributed by atoms with Gasteiger partial charge < -0.3 is 10.2 Å². The fourth-order valence-corrected chi connectivity index (χ4v) is 2.56. The summed E-state index contributed by atoms with van der Waals surface area (Å²) < 4.78 is 14.1. The molecule has 0 unspecified atom stereocenters. The highest BCUT2D eigenvalue weighted by Gasteiger charge is 2.29. The molecule has 0 spiro atoms. The van der Waals surface area contributed by atoms with Crippen LogP contribution in [0, 0.1) is 16.7 Å². The molecular formula is C14H20FN3. The summed E-state index contributed by atoms with van der Waals surface area (Å²) in [6, 6.07) is 2.19. The summed E-state index contributed by atoms with van der Waals surface area (Å²) >= 11 is 0. The van der Waals surface area contributed by atoms with Gasteiger partial charge in [-0.3, -0.25) is 0 Å². The maximum Gasteiger partial charge on any atom is 0.125 e. The van der Waals surface area contributed by atoms with Gasteiger partial charge in [-0.15, -0.1) is 0 Å². The van der Waals surface area contributed by atoms with Gasteiger partial charge in [-0.2, -0.15) is 5.26 Å². The van der Waals surface area contributed by atoms with E-state index in [1.165, 1.54) is 0 Å². The highest BCUT2D eigenvalue weighted by Crippen LogP contribution is 2.37. The molecule has 1 N–H and O–H groups in total. The van der Waals surface area contributed by atoms with Crippen molar-refractivity contribution in [1.82, 2.24) is 10.2 Å². The van der Waals surface area contributed by atoms with Gasteiger partial charge in [0.25, 0.3) is 0 Å². The number of hydrogen-bond donors (Lipinski definition) is 1. The number of nitrogens with one attached hydrogen (secondary N) is 1. The van der Waals surface area contributed by atoms with Crippen LogP contribution in [-0.4, -0.2) is 31.1 Å². The predicted molar refractivity (Wildman–Crippen MR) is 69.3 cm³/mol. The summed E-state index contributed by atoms with van der Waals surface area (Å²) in [5.74, 6) is -0.207. The van der Waals surface area contributed by atoms with Gasteiger partial charge in [0.1, 0.15) is 5.83 Å². The largest absolute Gasteiger partial charge is 0.372 e. The fourth-order valence-electron chi connectivity index (χ4n) is 2.56. The number of nitriles is 1. The zero-order valence-corrected chi connectivity index (χ0v) is 11.1. The van der Waals surface area contributed by atoms with Crippen LogP contribution in [0.5, 0.6) is 0 Å². The molecule has 18 heavy (non-hydrogen) atoms. The minimum atomic E-state index is -0.699. The normalized spacial score (nSPS) is 21.7. The van der Waals surface area contributed by atoms with Crippen molar-refractivity contribution in [3.8, 4) is 6.07 Å². The second kappa shape index (κ2) is 5.11. The minimum absolute atomic E-state index is 0.207. The third kappa shape index (κ3) is 2.56. The average Bonchev–Trinajstić information content (AvgIpc) is 2.39. The molecule has 3 nitrogen and oxygen atoms in total. The molecule has 0 saturated carbocycles. The van der Waals surface area contributed by atoms with Gasteiger partial charge in [0.15, 0.2) is 0 Å². The first-order valence-corrected chi connectivity index (χ1v) is 6.51. The predicted octanol–water partition coefficient (Wildman–Crippen LogP) is 2.34. The van der Waals surface area contributed by atoms with Crippen LogP contribution in [0.15, 0.2) is 23.2 Å². The van der Waals surface area contributed by atoms with Gasteiger partial charge >= 0.3 is 0 Å². The van der Waals surface area contributed by atoms with E-state index in [9.17, 15) is 4.39 Å². The number of allylic oxidation sites excluding steroid dienone is 4. The number of piperazine rings is 1. The summed E-state index contributed by atoms with van der Waals surface area (Å²) in [5, 5.41) is 12.4. The Bertz CT molecular complexity index is 423. The molecule has 98 valence electrons. The Kier molecular flexibility index (Phi) is 3.72. The van der Waals surface area contributed by atoms with Gasteiger partial charge in [-0.05, 0) is 38.3 Å². The molecule has 1 aliphatic carbocycles. The Hall–Kier alpha value is -1.34. The van der Waals surface area contributed by atoms with Crippen LogP contribution in [0.25, 0.3) is 0 Å². The number of rotatable bonds is 2.